The summed E-state index contributed by atoms with van der Waals surface area (Å²) in [4.78, 5) is 4.15. The van der Waals surface area contributed by atoms with Crippen molar-refractivity contribution in [3.8, 4) is 0 Å². The minimum absolute atomic E-state index is 0.821. The molecule has 13 heavy (non-hydrogen) atoms. The quantitative estimate of drug-likeness (QED) is 0.351. The predicted molar refractivity (Wildman–Crippen MR) is 60.2 cm³/mol. The summed E-state index contributed by atoms with van der Waals surface area (Å²) in [5.74, 6) is 0.831. The lowest BCUT2D eigenvalue weighted by molar-refractivity contribution is 0.615. The second-order valence-corrected chi connectivity index (χ2v) is 3.48. The van der Waals surface area contributed by atoms with E-state index in [1.54, 1.807) is 0 Å². The summed E-state index contributed by atoms with van der Waals surface area (Å²) in [5.41, 5.74) is 5.68. The van der Waals surface area contributed by atoms with Crippen molar-refractivity contribution < 1.29 is 0 Å². The summed E-state index contributed by atoms with van der Waals surface area (Å²) in [6.07, 6.45) is 8.92. The molecule has 0 unspecified atom stereocenters. The highest BCUT2D eigenvalue weighted by molar-refractivity contribution is 5.80. The lowest BCUT2D eigenvalue weighted by Gasteiger charge is -2.00. The SMILES string of the molecule is CCCCCCCCC(N)=NCC. The Kier molecular flexibility index (Phi) is 9.17. The van der Waals surface area contributed by atoms with Crippen LogP contribution in [0.4, 0.5) is 0 Å². The van der Waals surface area contributed by atoms with Gasteiger partial charge in [-0.05, 0) is 13.3 Å². The number of hydrogen-bond acceptors (Lipinski definition) is 1. The van der Waals surface area contributed by atoms with Gasteiger partial charge in [-0.15, -0.1) is 0 Å². The van der Waals surface area contributed by atoms with Gasteiger partial charge in [-0.25, -0.2) is 0 Å². The first-order valence-corrected chi connectivity index (χ1v) is 5.60. The number of amidine groups is 1. The average Bonchev–Trinajstić information content (AvgIpc) is 2.11. The number of hydrogen-bond donors (Lipinski definition) is 1. The molecule has 0 bridgehead atoms. The molecule has 0 saturated carbocycles. The Labute approximate surface area is 82.6 Å². The number of nitrogens with zero attached hydrogens (tertiary/aromatic N) is 1. The molecule has 0 fully saturated rings. The van der Waals surface area contributed by atoms with Crippen LogP contribution in [0.1, 0.15) is 58.8 Å². The van der Waals surface area contributed by atoms with Crippen LogP contribution in [0.3, 0.4) is 0 Å². The predicted octanol–water partition coefficient (Wildman–Crippen LogP) is 3.11. The van der Waals surface area contributed by atoms with E-state index in [1.165, 1.54) is 38.5 Å². The van der Waals surface area contributed by atoms with Crippen molar-refractivity contribution >= 4 is 5.84 Å². The van der Waals surface area contributed by atoms with Crippen molar-refractivity contribution in [1.82, 2.24) is 0 Å². The van der Waals surface area contributed by atoms with Gasteiger partial charge in [0.25, 0.3) is 0 Å². The van der Waals surface area contributed by atoms with Gasteiger partial charge in [0.2, 0.25) is 0 Å². The molecule has 2 heteroatoms. The fraction of sp³-hybridized carbons (Fsp3) is 0.909. The van der Waals surface area contributed by atoms with E-state index in [4.69, 9.17) is 5.73 Å². The van der Waals surface area contributed by atoms with Gasteiger partial charge in [-0.2, -0.15) is 0 Å². The molecule has 0 radical (unpaired) electrons. The van der Waals surface area contributed by atoms with Gasteiger partial charge in [-0.3, -0.25) is 4.99 Å². The molecule has 0 aromatic rings. The summed E-state index contributed by atoms with van der Waals surface area (Å²) < 4.78 is 0. The minimum atomic E-state index is 0.821. The molecule has 2 nitrogen and oxygen atoms in total. The molecule has 0 amide bonds. The molecule has 0 atom stereocenters. The summed E-state index contributed by atoms with van der Waals surface area (Å²) >= 11 is 0. The highest BCUT2D eigenvalue weighted by Crippen LogP contribution is 2.06. The maximum Gasteiger partial charge on any atom is 0.0936 e. The van der Waals surface area contributed by atoms with Crippen molar-refractivity contribution in [2.45, 2.75) is 58.8 Å². The normalized spacial score (nSPS) is 12.0. The number of nitrogens with two attached hydrogens (primary N) is 1. The maximum absolute atomic E-state index is 5.68. The third kappa shape index (κ3) is 9.38. The molecule has 0 aliphatic rings. The third-order valence-electron chi connectivity index (χ3n) is 2.15. The van der Waals surface area contributed by atoms with Crippen molar-refractivity contribution in [3.63, 3.8) is 0 Å². The third-order valence-corrected chi connectivity index (χ3v) is 2.15. The van der Waals surface area contributed by atoms with Gasteiger partial charge >= 0.3 is 0 Å². The molecule has 0 spiro atoms. The zero-order valence-electron chi connectivity index (χ0n) is 9.18. The van der Waals surface area contributed by atoms with Crippen LogP contribution in [0.15, 0.2) is 4.99 Å². The molecule has 0 aliphatic carbocycles. The van der Waals surface area contributed by atoms with Gasteiger partial charge in [0.15, 0.2) is 0 Å². The number of rotatable bonds is 8. The van der Waals surface area contributed by atoms with Crippen LogP contribution in [0.2, 0.25) is 0 Å². The Hall–Kier alpha value is -0.530. The molecule has 0 aromatic carbocycles. The molecule has 78 valence electrons. The average molecular weight is 184 g/mol. The molecule has 0 aliphatic heterocycles. The standard InChI is InChI=1S/C11H24N2/c1-3-5-6-7-8-9-10-11(12)13-4-2/h3-10H2,1-2H3,(H2,12,13). The van der Waals surface area contributed by atoms with Crippen molar-refractivity contribution in [1.29, 1.82) is 0 Å². The van der Waals surface area contributed by atoms with Crippen LogP contribution in [0, 0.1) is 0 Å². The monoisotopic (exact) mass is 184 g/mol. The Balaban J connectivity index is 3.11. The fourth-order valence-electron chi connectivity index (χ4n) is 1.37. The number of unbranched alkanes of at least 4 members (excludes halogenated alkanes) is 5. The zero-order chi connectivity index (χ0) is 9.94. The minimum Gasteiger partial charge on any atom is -0.387 e. The molecule has 0 heterocycles. The lowest BCUT2D eigenvalue weighted by Crippen LogP contribution is -2.11. The summed E-state index contributed by atoms with van der Waals surface area (Å²) in [7, 11) is 0. The largest absolute Gasteiger partial charge is 0.387 e. The first-order chi connectivity index (χ1) is 6.31. The van der Waals surface area contributed by atoms with Crippen LogP contribution in [0.5, 0.6) is 0 Å². The molecule has 2 N–H and O–H groups in total. The summed E-state index contributed by atoms with van der Waals surface area (Å²) in [5, 5.41) is 0. The van der Waals surface area contributed by atoms with E-state index in [2.05, 4.69) is 11.9 Å². The Morgan fingerprint density at radius 2 is 1.62 bits per heavy atom. The molecule has 0 saturated heterocycles. The van der Waals surface area contributed by atoms with Crippen LogP contribution >= 0.6 is 0 Å². The van der Waals surface area contributed by atoms with Crippen molar-refractivity contribution in [3.05, 3.63) is 0 Å². The summed E-state index contributed by atoms with van der Waals surface area (Å²) in [6.45, 7) is 5.08. The Bertz CT molecular complexity index is 130. The fourth-order valence-corrected chi connectivity index (χ4v) is 1.37. The zero-order valence-corrected chi connectivity index (χ0v) is 9.18. The van der Waals surface area contributed by atoms with Crippen LogP contribution in [-0.2, 0) is 0 Å². The lowest BCUT2D eigenvalue weighted by atomic mass is 10.1. The van der Waals surface area contributed by atoms with E-state index in [-0.39, 0.29) is 0 Å². The van der Waals surface area contributed by atoms with Crippen LogP contribution < -0.4 is 5.73 Å². The van der Waals surface area contributed by atoms with E-state index in [0.29, 0.717) is 0 Å². The maximum atomic E-state index is 5.68. The molecular weight excluding hydrogens is 160 g/mol. The van der Waals surface area contributed by atoms with Crippen LogP contribution in [0.25, 0.3) is 0 Å². The van der Waals surface area contributed by atoms with Gasteiger partial charge in [-0.1, -0.05) is 39.0 Å². The summed E-state index contributed by atoms with van der Waals surface area (Å²) in [6, 6.07) is 0. The second kappa shape index (κ2) is 9.56. The highest BCUT2D eigenvalue weighted by atomic mass is 14.8. The van der Waals surface area contributed by atoms with Crippen LogP contribution in [-0.4, -0.2) is 12.4 Å². The molecule has 0 rings (SSSR count). The van der Waals surface area contributed by atoms with Gasteiger partial charge in [0.1, 0.15) is 0 Å². The van der Waals surface area contributed by atoms with E-state index in [0.717, 1.165) is 18.8 Å². The van der Waals surface area contributed by atoms with E-state index < -0.39 is 0 Å². The highest BCUT2D eigenvalue weighted by Gasteiger charge is 1.92. The first-order valence-electron chi connectivity index (χ1n) is 5.60. The van der Waals surface area contributed by atoms with E-state index in [1.807, 2.05) is 6.92 Å². The van der Waals surface area contributed by atoms with Gasteiger partial charge < -0.3 is 5.73 Å². The second-order valence-electron chi connectivity index (χ2n) is 3.48. The van der Waals surface area contributed by atoms with Crippen molar-refractivity contribution in [2.24, 2.45) is 10.7 Å². The Morgan fingerprint density at radius 1 is 1.00 bits per heavy atom. The van der Waals surface area contributed by atoms with E-state index in [9.17, 15) is 0 Å². The van der Waals surface area contributed by atoms with E-state index >= 15 is 0 Å². The first kappa shape index (κ1) is 12.5. The topological polar surface area (TPSA) is 38.4 Å². The Morgan fingerprint density at radius 3 is 2.23 bits per heavy atom. The van der Waals surface area contributed by atoms with Gasteiger partial charge in [0, 0.05) is 13.0 Å². The number of aliphatic imine (C=N–C) groups is 1. The van der Waals surface area contributed by atoms with Gasteiger partial charge in [0.05, 0.1) is 5.84 Å². The smallest absolute Gasteiger partial charge is 0.0936 e. The molecular formula is C11H24N2. The van der Waals surface area contributed by atoms with Crippen molar-refractivity contribution in [2.75, 3.05) is 6.54 Å². The molecule has 0 aromatic heterocycles.